The molecule has 0 radical (unpaired) electrons. The van der Waals surface area contributed by atoms with Gasteiger partial charge in [-0.05, 0) is 24.6 Å². The van der Waals surface area contributed by atoms with Crippen LogP contribution in [0.15, 0.2) is 18.2 Å². The molecular weight excluding hydrogens is 283 g/mol. The third-order valence-electron chi connectivity index (χ3n) is 3.19. The number of alkyl halides is 1. The first-order chi connectivity index (χ1) is 9.21. The molecule has 0 amide bonds. The van der Waals surface area contributed by atoms with Gasteiger partial charge in [0, 0.05) is 12.1 Å². The van der Waals surface area contributed by atoms with Gasteiger partial charge in [0.25, 0.3) is 0 Å². The molecule has 0 saturated heterocycles. The van der Waals surface area contributed by atoms with Gasteiger partial charge in [-0.3, -0.25) is 0 Å². The summed E-state index contributed by atoms with van der Waals surface area (Å²) in [4.78, 5) is 4.57. The highest BCUT2D eigenvalue weighted by Gasteiger charge is 2.18. The van der Waals surface area contributed by atoms with Crippen LogP contribution >= 0.6 is 23.2 Å². The van der Waals surface area contributed by atoms with Gasteiger partial charge in [-0.25, -0.2) is 4.98 Å². The standard InChI is InChI=1S/C14H18Cl2N2O/c1-3-4-11(9-19-2)18-13-6-5-10(16)7-12(13)17-14(18)8-15/h5-7,11H,3-4,8-9H2,1-2H3. The summed E-state index contributed by atoms with van der Waals surface area (Å²) in [7, 11) is 1.72. The number of imidazole rings is 1. The van der Waals surface area contributed by atoms with Crippen LogP contribution in [0, 0.1) is 0 Å². The summed E-state index contributed by atoms with van der Waals surface area (Å²) in [5.74, 6) is 1.25. The van der Waals surface area contributed by atoms with E-state index >= 15 is 0 Å². The van der Waals surface area contributed by atoms with Crippen LogP contribution < -0.4 is 0 Å². The summed E-state index contributed by atoms with van der Waals surface area (Å²) in [5.41, 5.74) is 1.95. The highest BCUT2D eigenvalue weighted by Crippen LogP contribution is 2.27. The summed E-state index contributed by atoms with van der Waals surface area (Å²) in [5, 5.41) is 0.692. The average Bonchev–Trinajstić information content (AvgIpc) is 2.75. The highest BCUT2D eigenvalue weighted by atomic mass is 35.5. The van der Waals surface area contributed by atoms with Gasteiger partial charge in [0.15, 0.2) is 0 Å². The zero-order chi connectivity index (χ0) is 13.8. The minimum absolute atomic E-state index is 0.259. The fourth-order valence-electron chi connectivity index (χ4n) is 2.44. The van der Waals surface area contributed by atoms with Crippen LogP contribution in [0.1, 0.15) is 31.6 Å². The second-order valence-electron chi connectivity index (χ2n) is 4.56. The quantitative estimate of drug-likeness (QED) is 0.739. The van der Waals surface area contributed by atoms with E-state index in [0.717, 1.165) is 29.7 Å². The maximum absolute atomic E-state index is 6.03. The lowest BCUT2D eigenvalue weighted by Gasteiger charge is -2.20. The Balaban J connectivity index is 2.54. The van der Waals surface area contributed by atoms with Crippen molar-refractivity contribution in [2.75, 3.05) is 13.7 Å². The van der Waals surface area contributed by atoms with Crippen LogP contribution in [0.2, 0.25) is 5.02 Å². The summed E-state index contributed by atoms with van der Waals surface area (Å²) in [6, 6.07) is 6.02. The Hall–Kier alpha value is -0.770. The number of hydrogen-bond donors (Lipinski definition) is 0. The van der Waals surface area contributed by atoms with Crippen molar-refractivity contribution < 1.29 is 4.74 Å². The average molecular weight is 301 g/mol. The molecule has 5 heteroatoms. The predicted octanol–water partition coefficient (Wildman–Crippen LogP) is 4.42. The SMILES string of the molecule is CCCC(COC)n1c(CCl)nc2cc(Cl)ccc21. The van der Waals surface area contributed by atoms with Crippen molar-refractivity contribution in [2.24, 2.45) is 0 Å². The van der Waals surface area contributed by atoms with Crippen LogP contribution in [0.5, 0.6) is 0 Å². The molecular formula is C14H18Cl2N2O. The molecule has 0 aliphatic carbocycles. The van der Waals surface area contributed by atoms with E-state index in [1.165, 1.54) is 0 Å². The molecule has 0 N–H and O–H groups in total. The smallest absolute Gasteiger partial charge is 0.125 e. The molecule has 2 aromatic rings. The number of hydrogen-bond acceptors (Lipinski definition) is 2. The number of methoxy groups -OCH3 is 1. The maximum Gasteiger partial charge on any atom is 0.125 e. The molecule has 1 atom stereocenters. The zero-order valence-electron chi connectivity index (χ0n) is 11.2. The van der Waals surface area contributed by atoms with Gasteiger partial charge >= 0.3 is 0 Å². The first-order valence-corrected chi connectivity index (χ1v) is 7.33. The monoisotopic (exact) mass is 300 g/mol. The molecule has 0 saturated carbocycles. The van der Waals surface area contributed by atoms with Crippen LogP contribution in [-0.2, 0) is 10.6 Å². The molecule has 0 aliphatic heterocycles. The van der Waals surface area contributed by atoms with Crippen molar-refractivity contribution in [3.8, 4) is 0 Å². The Bertz CT molecular complexity index is 548. The summed E-state index contributed by atoms with van der Waals surface area (Å²) < 4.78 is 7.52. The van der Waals surface area contributed by atoms with E-state index in [-0.39, 0.29) is 6.04 Å². The summed E-state index contributed by atoms with van der Waals surface area (Å²) in [6.07, 6.45) is 2.12. The molecule has 0 aliphatic rings. The van der Waals surface area contributed by atoms with Gasteiger partial charge in [-0.2, -0.15) is 0 Å². The van der Waals surface area contributed by atoms with Crippen molar-refractivity contribution in [1.82, 2.24) is 9.55 Å². The number of aromatic nitrogens is 2. The van der Waals surface area contributed by atoms with Crippen LogP contribution in [0.3, 0.4) is 0 Å². The molecule has 3 nitrogen and oxygen atoms in total. The van der Waals surface area contributed by atoms with E-state index in [1.807, 2.05) is 18.2 Å². The van der Waals surface area contributed by atoms with Gasteiger partial charge in [-0.15, -0.1) is 11.6 Å². The topological polar surface area (TPSA) is 27.1 Å². The molecule has 1 heterocycles. The van der Waals surface area contributed by atoms with E-state index in [9.17, 15) is 0 Å². The first kappa shape index (κ1) is 14.6. The van der Waals surface area contributed by atoms with Crippen molar-refractivity contribution in [2.45, 2.75) is 31.7 Å². The highest BCUT2D eigenvalue weighted by molar-refractivity contribution is 6.31. The Morgan fingerprint density at radius 1 is 1.42 bits per heavy atom. The zero-order valence-corrected chi connectivity index (χ0v) is 12.7. The molecule has 0 fully saturated rings. The van der Waals surface area contributed by atoms with Gasteiger partial charge in [0.2, 0.25) is 0 Å². The molecule has 104 valence electrons. The summed E-state index contributed by atoms with van der Waals surface area (Å²) >= 11 is 12.0. The number of halogens is 2. The number of fused-ring (bicyclic) bond motifs is 1. The summed E-state index contributed by atoms with van der Waals surface area (Å²) in [6.45, 7) is 2.82. The predicted molar refractivity (Wildman–Crippen MR) is 80.1 cm³/mol. The van der Waals surface area contributed by atoms with E-state index in [0.29, 0.717) is 17.5 Å². The van der Waals surface area contributed by atoms with E-state index in [2.05, 4.69) is 16.5 Å². The molecule has 0 bridgehead atoms. The number of benzene rings is 1. The molecule has 2 rings (SSSR count). The minimum atomic E-state index is 0.259. The number of nitrogens with zero attached hydrogens (tertiary/aromatic N) is 2. The molecule has 19 heavy (non-hydrogen) atoms. The van der Waals surface area contributed by atoms with Gasteiger partial charge < -0.3 is 9.30 Å². The van der Waals surface area contributed by atoms with E-state index in [4.69, 9.17) is 27.9 Å². The van der Waals surface area contributed by atoms with Crippen molar-refractivity contribution in [1.29, 1.82) is 0 Å². The van der Waals surface area contributed by atoms with Crippen LogP contribution in [-0.4, -0.2) is 23.3 Å². The lowest BCUT2D eigenvalue weighted by molar-refractivity contribution is 0.151. The minimum Gasteiger partial charge on any atom is -0.383 e. The fourth-order valence-corrected chi connectivity index (χ4v) is 2.79. The Morgan fingerprint density at radius 2 is 2.21 bits per heavy atom. The number of rotatable bonds is 6. The van der Waals surface area contributed by atoms with Crippen LogP contribution in [0.25, 0.3) is 11.0 Å². The fraction of sp³-hybridized carbons (Fsp3) is 0.500. The Morgan fingerprint density at radius 3 is 2.84 bits per heavy atom. The second kappa shape index (κ2) is 6.60. The first-order valence-electron chi connectivity index (χ1n) is 6.42. The third kappa shape index (κ3) is 3.04. The molecule has 1 aromatic carbocycles. The normalized spacial score (nSPS) is 13.1. The van der Waals surface area contributed by atoms with E-state index in [1.54, 1.807) is 7.11 Å². The maximum atomic E-state index is 6.03. The van der Waals surface area contributed by atoms with Crippen LogP contribution in [0.4, 0.5) is 0 Å². The second-order valence-corrected chi connectivity index (χ2v) is 5.27. The molecule has 0 spiro atoms. The molecule has 1 unspecified atom stereocenters. The largest absolute Gasteiger partial charge is 0.383 e. The third-order valence-corrected chi connectivity index (χ3v) is 3.66. The van der Waals surface area contributed by atoms with E-state index < -0.39 is 0 Å². The van der Waals surface area contributed by atoms with Crippen molar-refractivity contribution >= 4 is 34.2 Å². The van der Waals surface area contributed by atoms with Crippen molar-refractivity contribution in [3.63, 3.8) is 0 Å². The lowest BCUT2D eigenvalue weighted by atomic mass is 10.1. The van der Waals surface area contributed by atoms with Gasteiger partial charge in [-0.1, -0.05) is 24.9 Å². The van der Waals surface area contributed by atoms with Crippen molar-refractivity contribution in [3.05, 3.63) is 29.0 Å². The van der Waals surface area contributed by atoms with Gasteiger partial charge in [0.1, 0.15) is 5.82 Å². The van der Waals surface area contributed by atoms with Gasteiger partial charge in [0.05, 0.1) is 29.6 Å². The molecule has 1 aromatic heterocycles. The Kier molecular flexibility index (Phi) is 5.08. The Labute approximate surface area is 123 Å². The number of ether oxygens (including phenoxy) is 1. The lowest BCUT2D eigenvalue weighted by Crippen LogP contribution is -2.16.